The minimum Gasteiger partial charge on any atom is -0.296 e. The summed E-state index contributed by atoms with van der Waals surface area (Å²) in [5.41, 5.74) is 4.67. The molecule has 2 heterocycles. The molecule has 0 N–H and O–H groups in total. The van der Waals surface area contributed by atoms with Crippen LogP contribution in [-0.2, 0) is 20.1 Å². The average Bonchev–Trinajstić information content (AvgIpc) is 3.07. The largest absolute Gasteiger partial charge is 0.296 e. The molecule has 114 valence electrons. The van der Waals surface area contributed by atoms with E-state index >= 15 is 0 Å². The zero-order valence-electron chi connectivity index (χ0n) is 13.2. The molecule has 0 bridgehead atoms. The summed E-state index contributed by atoms with van der Waals surface area (Å²) >= 11 is 1.70. The Bertz CT molecular complexity index is 745. The van der Waals surface area contributed by atoms with Gasteiger partial charge in [0.2, 0.25) is 0 Å². The van der Waals surface area contributed by atoms with Crippen LogP contribution < -0.4 is 0 Å². The number of aromatic nitrogens is 3. The van der Waals surface area contributed by atoms with Crippen molar-refractivity contribution in [3.63, 3.8) is 0 Å². The third kappa shape index (κ3) is 3.43. The average molecular weight is 312 g/mol. The lowest BCUT2D eigenvalue weighted by Gasteiger charge is -2.14. The lowest BCUT2D eigenvalue weighted by atomic mass is 10.2. The van der Waals surface area contributed by atoms with Crippen LogP contribution in [-0.4, -0.2) is 26.7 Å². The van der Waals surface area contributed by atoms with Crippen molar-refractivity contribution in [2.75, 3.05) is 7.05 Å². The molecule has 0 fully saturated rings. The van der Waals surface area contributed by atoms with E-state index in [2.05, 4.69) is 47.7 Å². The zero-order chi connectivity index (χ0) is 15.5. The smallest absolute Gasteiger partial charge is 0.123 e. The quantitative estimate of drug-likeness (QED) is 0.723. The molecule has 2 aromatic heterocycles. The van der Waals surface area contributed by atoms with E-state index in [1.54, 1.807) is 11.3 Å². The second-order valence-electron chi connectivity index (χ2n) is 5.60. The van der Waals surface area contributed by atoms with Crippen LogP contribution in [0.5, 0.6) is 0 Å². The van der Waals surface area contributed by atoms with Crippen molar-refractivity contribution in [1.82, 2.24) is 19.7 Å². The number of aryl methyl sites for hydroxylation is 2. The van der Waals surface area contributed by atoms with Gasteiger partial charge in [-0.3, -0.25) is 9.58 Å². The van der Waals surface area contributed by atoms with Crippen LogP contribution in [0.15, 0.2) is 41.9 Å². The number of hydrogen-bond acceptors (Lipinski definition) is 4. The monoisotopic (exact) mass is 312 g/mol. The van der Waals surface area contributed by atoms with Crippen molar-refractivity contribution in [3.8, 4) is 10.6 Å². The molecule has 0 saturated heterocycles. The van der Waals surface area contributed by atoms with E-state index in [0.717, 1.165) is 29.5 Å². The molecule has 1 aromatic carbocycles. The van der Waals surface area contributed by atoms with Gasteiger partial charge in [0.1, 0.15) is 5.01 Å². The van der Waals surface area contributed by atoms with Gasteiger partial charge < -0.3 is 0 Å². The highest BCUT2D eigenvalue weighted by molar-refractivity contribution is 7.13. The van der Waals surface area contributed by atoms with Crippen molar-refractivity contribution in [1.29, 1.82) is 0 Å². The van der Waals surface area contributed by atoms with Gasteiger partial charge in [-0.05, 0) is 14.0 Å². The fourth-order valence-corrected chi connectivity index (χ4v) is 3.34. The van der Waals surface area contributed by atoms with E-state index in [1.165, 1.54) is 11.1 Å². The summed E-state index contributed by atoms with van der Waals surface area (Å²) in [6, 6.07) is 10.3. The number of thiazole rings is 1. The summed E-state index contributed by atoms with van der Waals surface area (Å²) in [6.45, 7) is 3.79. The molecular weight excluding hydrogens is 292 g/mol. The van der Waals surface area contributed by atoms with Crippen LogP contribution in [0.3, 0.4) is 0 Å². The molecule has 5 heteroatoms. The van der Waals surface area contributed by atoms with Crippen molar-refractivity contribution >= 4 is 11.3 Å². The Balaban J connectivity index is 1.66. The lowest BCUT2D eigenvalue weighted by molar-refractivity contribution is 0.315. The molecule has 0 spiro atoms. The van der Waals surface area contributed by atoms with Gasteiger partial charge in [-0.2, -0.15) is 5.10 Å². The molecule has 0 atom stereocenters. The highest BCUT2D eigenvalue weighted by Gasteiger charge is 2.10. The number of hydrogen-bond donors (Lipinski definition) is 0. The van der Waals surface area contributed by atoms with E-state index in [0.29, 0.717) is 0 Å². The van der Waals surface area contributed by atoms with Crippen LogP contribution in [0, 0.1) is 6.92 Å². The molecule has 22 heavy (non-hydrogen) atoms. The van der Waals surface area contributed by atoms with Crippen molar-refractivity contribution < 1.29 is 0 Å². The van der Waals surface area contributed by atoms with Gasteiger partial charge in [0, 0.05) is 42.8 Å². The van der Waals surface area contributed by atoms with Crippen LogP contribution in [0.2, 0.25) is 0 Å². The third-order valence-corrected chi connectivity index (χ3v) is 4.50. The second kappa shape index (κ2) is 6.42. The van der Waals surface area contributed by atoms with Crippen molar-refractivity contribution in [2.45, 2.75) is 20.0 Å². The minimum absolute atomic E-state index is 0.845. The fourth-order valence-electron chi connectivity index (χ4n) is 2.52. The zero-order valence-corrected chi connectivity index (χ0v) is 14.0. The van der Waals surface area contributed by atoms with Gasteiger partial charge >= 0.3 is 0 Å². The van der Waals surface area contributed by atoms with Gasteiger partial charge in [-0.15, -0.1) is 11.3 Å². The Hall–Kier alpha value is -1.98. The molecule has 0 aliphatic carbocycles. The van der Waals surface area contributed by atoms with E-state index in [-0.39, 0.29) is 0 Å². The molecule has 0 radical (unpaired) electrons. The number of nitrogens with zero attached hydrogens (tertiary/aromatic N) is 4. The molecule has 0 aliphatic heterocycles. The van der Waals surface area contributed by atoms with Crippen LogP contribution in [0.1, 0.15) is 17.0 Å². The maximum atomic E-state index is 4.75. The maximum Gasteiger partial charge on any atom is 0.123 e. The summed E-state index contributed by atoms with van der Waals surface area (Å²) in [7, 11) is 4.08. The lowest BCUT2D eigenvalue weighted by Crippen LogP contribution is -2.17. The van der Waals surface area contributed by atoms with Crippen LogP contribution >= 0.6 is 11.3 Å². The van der Waals surface area contributed by atoms with E-state index in [4.69, 9.17) is 4.98 Å². The van der Waals surface area contributed by atoms with Gasteiger partial charge in [-0.1, -0.05) is 30.3 Å². The molecule has 0 unspecified atom stereocenters. The van der Waals surface area contributed by atoms with Crippen LogP contribution in [0.4, 0.5) is 0 Å². The van der Waals surface area contributed by atoms with Crippen LogP contribution in [0.25, 0.3) is 10.6 Å². The van der Waals surface area contributed by atoms with Crippen molar-refractivity contribution in [3.05, 3.63) is 58.9 Å². The first kappa shape index (κ1) is 14.9. The highest BCUT2D eigenvalue weighted by Crippen LogP contribution is 2.24. The second-order valence-corrected chi connectivity index (χ2v) is 6.45. The predicted molar refractivity (Wildman–Crippen MR) is 90.7 cm³/mol. The van der Waals surface area contributed by atoms with E-state index in [1.807, 2.05) is 29.9 Å². The minimum atomic E-state index is 0.845. The Labute approximate surface area is 135 Å². The van der Waals surface area contributed by atoms with Crippen molar-refractivity contribution in [2.24, 2.45) is 7.05 Å². The third-order valence-electron chi connectivity index (χ3n) is 3.56. The first-order valence-electron chi connectivity index (χ1n) is 7.29. The maximum absolute atomic E-state index is 4.75. The number of rotatable bonds is 5. The molecular formula is C17H20N4S. The first-order valence-corrected chi connectivity index (χ1v) is 8.17. The Morgan fingerprint density at radius 3 is 2.64 bits per heavy atom. The Morgan fingerprint density at radius 1 is 1.18 bits per heavy atom. The van der Waals surface area contributed by atoms with Gasteiger partial charge in [0.15, 0.2) is 0 Å². The van der Waals surface area contributed by atoms with E-state index in [9.17, 15) is 0 Å². The first-order chi connectivity index (χ1) is 10.6. The molecule has 3 rings (SSSR count). The summed E-state index contributed by atoms with van der Waals surface area (Å²) in [4.78, 5) is 7.02. The predicted octanol–water partition coefficient (Wildman–Crippen LogP) is 3.48. The summed E-state index contributed by atoms with van der Waals surface area (Å²) in [6.07, 6.45) is 2.09. The molecule has 4 nitrogen and oxygen atoms in total. The highest BCUT2D eigenvalue weighted by atomic mass is 32.1. The van der Waals surface area contributed by atoms with Gasteiger partial charge in [-0.25, -0.2) is 4.98 Å². The normalized spacial score (nSPS) is 11.3. The summed E-state index contributed by atoms with van der Waals surface area (Å²) < 4.78 is 1.87. The van der Waals surface area contributed by atoms with E-state index < -0.39 is 0 Å². The Kier molecular flexibility index (Phi) is 4.36. The standard InChI is InChI=1S/C17H20N4S/c1-13-15(10-21(3)19-13)9-20(2)11-16-12-22-17(18-16)14-7-5-4-6-8-14/h4-8,10,12H,9,11H2,1-3H3. The topological polar surface area (TPSA) is 34.0 Å². The summed E-state index contributed by atoms with van der Waals surface area (Å²) in [5, 5.41) is 7.62. The number of benzene rings is 1. The van der Waals surface area contributed by atoms with Gasteiger partial charge in [0.05, 0.1) is 11.4 Å². The molecule has 0 aliphatic rings. The molecule has 0 amide bonds. The molecule has 3 aromatic rings. The Morgan fingerprint density at radius 2 is 1.95 bits per heavy atom. The fraction of sp³-hybridized carbons (Fsp3) is 0.294. The molecule has 0 saturated carbocycles. The van der Waals surface area contributed by atoms with Gasteiger partial charge in [0.25, 0.3) is 0 Å². The summed E-state index contributed by atoms with van der Waals surface area (Å²) in [5.74, 6) is 0. The SMILES string of the molecule is Cc1nn(C)cc1CN(C)Cc1csc(-c2ccccc2)n1.